The maximum Gasteiger partial charge on any atom is 0.130 e. The fourth-order valence-corrected chi connectivity index (χ4v) is 3.23. The molecule has 0 saturated carbocycles. The largest absolute Gasteiger partial charge is 0.354 e. The van der Waals surface area contributed by atoms with Crippen LogP contribution < -0.4 is 10.6 Å². The zero-order valence-electron chi connectivity index (χ0n) is 14.1. The van der Waals surface area contributed by atoms with E-state index in [1.807, 2.05) is 4.68 Å². The predicted octanol–water partition coefficient (Wildman–Crippen LogP) is 1.54. The normalized spacial score (nSPS) is 18.2. The topological polar surface area (TPSA) is 50.3 Å². The van der Waals surface area contributed by atoms with Gasteiger partial charge in [0.2, 0.25) is 0 Å². The molecule has 1 atom stereocenters. The van der Waals surface area contributed by atoms with Gasteiger partial charge in [-0.15, -0.1) is 0 Å². The molecule has 1 saturated heterocycles. The van der Waals surface area contributed by atoms with Gasteiger partial charge in [0.25, 0.3) is 0 Å². The summed E-state index contributed by atoms with van der Waals surface area (Å²) in [6.45, 7) is 12.2. The number of rotatable bonds is 6. The van der Waals surface area contributed by atoms with E-state index in [1.54, 1.807) is 0 Å². The minimum atomic E-state index is 0.230. The van der Waals surface area contributed by atoms with Gasteiger partial charge in [0.1, 0.15) is 5.82 Å². The average molecular weight is 293 g/mol. The smallest absolute Gasteiger partial charge is 0.130 e. The number of nitrogens with zero attached hydrogens (tertiary/aromatic N) is 4. The lowest BCUT2D eigenvalue weighted by atomic mass is 10.0. The van der Waals surface area contributed by atoms with E-state index in [4.69, 9.17) is 5.73 Å². The molecule has 2 rings (SSSR count). The Hall–Kier alpha value is -1.07. The van der Waals surface area contributed by atoms with Crippen molar-refractivity contribution in [3.05, 3.63) is 11.3 Å². The summed E-state index contributed by atoms with van der Waals surface area (Å²) in [5.41, 5.74) is 8.65. The highest BCUT2D eigenvalue weighted by molar-refractivity contribution is 5.51. The lowest BCUT2D eigenvalue weighted by molar-refractivity contribution is 0.257. The third-order valence-electron chi connectivity index (χ3n) is 4.52. The highest BCUT2D eigenvalue weighted by atomic mass is 15.4. The molecule has 2 N–H and O–H groups in total. The van der Waals surface area contributed by atoms with E-state index in [1.165, 1.54) is 24.3 Å². The molecule has 1 aliphatic rings. The molecule has 120 valence electrons. The van der Waals surface area contributed by atoms with Gasteiger partial charge in [-0.25, -0.2) is 0 Å². The molecule has 1 aromatic rings. The van der Waals surface area contributed by atoms with Crippen LogP contribution >= 0.6 is 0 Å². The summed E-state index contributed by atoms with van der Waals surface area (Å²) >= 11 is 0. The van der Waals surface area contributed by atoms with Crippen molar-refractivity contribution >= 4 is 5.82 Å². The molecule has 2 heterocycles. The zero-order valence-corrected chi connectivity index (χ0v) is 14.1. The first-order valence-electron chi connectivity index (χ1n) is 8.32. The highest BCUT2D eigenvalue weighted by Crippen LogP contribution is 2.26. The van der Waals surface area contributed by atoms with E-state index in [0.717, 1.165) is 44.7 Å². The van der Waals surface area contributed by atoms with E-state index in [2.05, 4.69) is 42.7 Å². The Morgan fingerprint density at radius 2 is 1.86 bits per heavy atom. The van der Waals surface area contributed by atoms with Crippen molar-refractivity contribution in [1.29, 1.82) is 0 Å². The Morgan fingerprint density at radius 1 is 1.19 bits per heavy atom. The molecule has 0 aliphatic carbocycles. The van der Waals surface area contributed by atoms with Crippen molar-refractivity contribution in [3.8, 4) is 0 Å². The lowest BCUT2D eigenvalue weighted by Gasteiger charge is -2.36. The van der Waals surface area contributed by atoms with Gasteiger partial charge in [0, 0.05) is 44.8 Å². The second kappa shape index (κ2) is 7.27. The van der Waals surface area contributed by atoms with Crippen LogP contribution in [0.1, 0.15) is 37.9 Å². The second-order valence-electron chi connectivity index (χ2n) is 6.21. The number of anilines is 1. The first kappa shape index (κ1) is 16.3. The number of hydrogen-bond donors (Lipinski definition) is 1. The van der Waals surface area contributed by atoms with Gasteiger partial charge in [0.05, 0.1) is 5.69 Å². The van der Waals surface area contributed by atoms with Gasteiger partial charge in [-0.2, -0.15) is 5.10 Å². The molecule has 0 bridgehead atoms. The van der Waals surface area contributed by atoms with Crippen LogP contribution in [0.2, 0.25) is 0 Å². The predicted molar refractivity (Wildman–Crippen MR) is 88.9 cm³/mol. The molecule has 5 nitrogen and oxygen atoms in total. The van der Waals surface area contributed by atoms with E-state index >= 15 is 0 Å². The third-order valence-corrected chi connectivity index (χ3v) is 4.52. The monoisotopic (exact) mass is 293 g/mol. The molecule has 0 aromatic carbocycles. The van der Waals surface area contributed by atoms with Gasteiger partial charge in [-0.05, 0) is 32.7 Å². The second-order valence-corrected chi connectivity index (χ2v) is 6.21. The maximum atomic E-state index is 6.18. The van der Waals surface area contributed by atoms with E-state index in [0.29, 0.717) is 0 Å². The Bertz CT molecular complexity index is 446. The fourth-order valence-electron chi connectivity index (χ4n) is 3.23. The molecule has 5 heteroatoms. The van der Waals surface area contributed by atoms with Gasteiger partial charge in [-0.3, -0.25) is 9.58 Å². The van der Waals surface area contributed by atoms with Crippen molar-refractivity contribution in [3.63, 3.8) is 0 Å². The molecular weight excluding hydrogens is 262 g/mol. The number of piperazine rings is 1. The Kier molecular flexibility index (Phi) is 5.65. The number of hydrogen-bond acceptors (Lipinski definition) is 4. The van der Waals surface area contributed by atoms with Crippen LogP contribution in [-0.4, -0.2) is 53.4 Å². The van der Waals surface area contributed by atoms with Crippen LogP contribution in [0.5, 0.6) is 0 Å². The van der Waals surface area contributed by atoms with Gasteiger partial charge in [-0.1, -0.05) is 13.8 Å². The summed E-state index contributed by atoms with van der Waals surface area (Å²) < 4.78 is 2.04. The van der Waals surface area contributed by atoms with Gasteiger partial charge < -0.3 is 10.6 Å². The SMILES string of the molecule is CCCN1CCN(c2c(CC(N)CC)c(C)nn2C)CC1. The number of aryl methyl sites for hydroxylation is 2. The molecule has 1 aliphatic heterocycles. The number of aromatic nitrogens is 2. The number of nitrogens with two attached hydrogens (primary N) is 1. The van der Waals surface area contributed by atoms with Crippen molar-refractivity contribution in [2.24, 2.45) is 12.8 Å². The van der Waals surface area contributed by atoms with Crippen LogP contribution in [0.4, 0.5) is 5.82 Å². The molecule has 1 aromatic heterocycles. The molecule has 1 unspecified atom stereocenters. The quantitative estimate of drug-likeness (QED) is 0.864. The molecule has 0 amide bonds. The van der Waals surface area contributed by atoms with E-state index < -0.39 is 0 Å². The standard InChI is InChI=1S/C16H31N5/c1-5-7-20-8-10-21(11-9-20)16-15(12-14(17)6-2)13(3)18-19(16)4/h14H,5-12,17H2,1-4H3. The van der Waals surface area contributed by atoms with Crippen molar-refractivity contribution in [2.75, 3.05) is 37.6 Å². The van der Waals surface area contributed by atoms with Crippen LogP contribution in [0.15, 0.2) is 0 Å². The molecule has 0 radical (unpaired) electrons. The summed E-state index contributed by atoms with van der Waals surface area (Å²) in [4.78, 5) is 5.04. The average Bonchev–Trinajstić information content (AvgIpc) is 2.74. The van der Waals surface area contributed by atoms with Gasteiger partial charge >= 0.3 is 0 Å². The summed E-state index contributed by atoms with van der Waals surface area (Å²) in [6, 6.07) is 0.230. The Morgan fingerprint density at radius 3 is 2.43 bits per heavy atom. The highest BCUT2D eigenvalue weighted by Gasteiger charge is 2.24. The summed E-state index contributed by atoms with van der Waals surface area (Å²) in [5.74, 6) is 1.28. The van der Waals surface area contributed by atoms with Crippen LogP contribution in [-0.2, 0) is 13.5 Å². The van der Waals surface area contributed by atoms with E-state index in [9.17, 15) is 0 Å². The first-order chi connectivity index (χ1) is 10.1. The molecule has 1 fully saturated rings. The molecular formula is C16H31N5. The van der Waals surface area contributed by atoms with Crippen LogP contribution in [0.3, 0.4) is 0 Å². The van der Waals surface area contributed by atoms with Gasteiger partial charge in [0.15, 0.2) is 0 Å². The summed E-state index contributed by atoms with van der Waals surface area (Å²) in [6.07, 6.45) is 3.18. The van der Waals surface area contributed by atoms with Crippen LogP contribution in [0.25, 0.3) is 0 Å². The van der Waals surface area contributed by atoms with Crippen molar-refractivity contribution in [2.45, 2.75) is 46.1 Å². The maximum absolute atomic E-state index is 6.18. The minimum Gasteiger partial charge on any atom is -0.354 e. The van der Waals surface area contributed by atoms with Crippen LogP contribution in [0, 0.1) is 6.92 Å². The summed E-state index contributed by atoms with van der Waals surface area (Å²) in [5, 5.41) is 4.63. The molecule has 21 heavy (non-hydrogen) atoms. The van der Waals surface area contributed by atoms with Crippen molar-refractivity contribution in [1.82, 2.24) is 14.7 Å². The molecule has 0 spiro atoms. The Labute approximate surface area is 129 Å². The van der Waals surface area contributed by atoms with E-state index in [-0.39, 0.29) is 6.04 Å². The van der Waals surface area contributed by atoms with Crippen molar-refractivity contribution < 1.29 is 0 Å². The lowest BCUT2D eigenvalue weighted by Crippen LogP contribution is -2.47. The minimum absolute atomic E-state index is 0.230. The zero-order chi connectivity index (χ0) is 15.4. The Balaban J connectivity index is 2.12. The first-order valence-corrected chi connectivity index (χ1v) is 8.32. The fraction of sp³-hybridized carbons (Fsp3) is 0.812. The summed E-state index contributed by atoms with van der Waals surface area (Å²) in [7, 11) is 2.06. The third kappa shape index (κ3) is 3.77.